The number of nitrogens with zero attached hydrogens (tertiary/aromatic N) is 1. The van der Waals surface area contributed by atoms with Crippen molar-refractivity contribution in [1.29, 1.82) is 0 Å². The van der Waals surface area contributed by atoms with Crippen LogP contribution in [0.3, 0.4) is 0 Å². The van der Waals surface area contributed by atoms with Crippen LogP contribution in [-0.4, -0.2) is 0 Å². The van der Waals surface area contributed by atoms with Gasteiger partial charge in [0.05, 0.1) is 5.56 Å². The van der Waals surface area contributed by atoms with Crippen LogP contribution in [0.5, 0.6) is 0 Å². The summed E-state index contributed by atoms with van der Waals surface area (Å²) in [5.74, 6) is 1.75. The summed E-state index contributed by atoms with van der Waals surface area (Å²) in [7, 11) is 0. The molecule has 0 saturated carbocycles. The normalized spacial score (nSPS) is 9.30. The van der Waals surface area contributed by atoms with E-state index in [1.165, 1.54) is 0 Å². The Balaban J connectivity index is 2.94. The molecule has 0 atom stereocenters. The number of rotatable bonds is 1. The highest BCUT2D eigenvalue weighted by Crippen LogP contribution is 2.13. The van der Waals surface area contributed by atoms with Crippen LogP contribution in [0.2, 0.25) is 0 Å². The second kappa shape index (κ2) is 2.57. The molecule has 2 heteroatoms. The number of furan rings is 1. The Morgan fingerprint density at radius 3 is 2.70 bits per heavy atom. The van der Waals surface area contributed by atoms with Crippen molar-refractivity contribution in [2.45, 2.75) is 20.4 Å². The topological polar surface area (TPSA) is 17.5 Å². The van der Waals surface area contributed by atoms with E-state index in [9.17, 15) is 0 Å². The molecule has 1 aromatic rings. The van der Waals surface area contributed by atoms with E-state index >= 15 is 0 Å². The van der Waals surface area contributed by atoms with Crippen molar-refractivity contribution >= 4 is 0 Å². The Morgan fingerprint density at radius 2 is 2.30 bits per heavy atom. The minimum Gasteiger partial charge on any atom is -0.466 e. The summed E-state index contributed by atoms with van der Waals surface area (Å²) in [6.07, 6.45) is 0. The Bertz CT molecular complexity index is 267. The van der Waals surface area contributed by atoms with Crippen molar-refractivity contribution < 1.29 is 4.42 Å². The zero-order valence-electron chi connectivity index (χ0n) is 6.14. The van der Waals surface area contributed by atoms with Crippen molar-refractivity contribution in [3.63, 3.8) is 0 Å². The number of hydrogen-bond donors (Lipinski definition) is 0. The van der Waals surface area contributed by atoms with Gasteiger partial charge in [-0.1, -0.05) is 0 Å². The van der Waals surface area contributed by atoms with E-state index in [1.54, 1.807) is 0 Å². The molecule has 52 valence electrons. The first kappa shape index (κ1) is 6.88. The molecule has 0 aromatic carbocycles. The highest BCUT2D eigenvalue weighted by atomic mass is 16.3. The molecule has 0 N–H and O–H groups in total. The SMILES string of the molecule is [C-]#[N+]Cc1cc(C)oc1C. The third kappa shape index (κ3) is 1.19. The molecule has 1 aromatic heterocycles. The van der Waals surface area contributed by atoms with Crippen LogP contribution in [0.1, 0.15) is 17.1 Å². The summed E-state index contributed by atoms with van der Waals surface area (Å²) in [5, 5.41) is 0. The average molecular weight is 135 g/mol. The lowest BCUT2D eigenvalue weighted by atomic mass is 10.2. The van der Waals surface area contributed by atoms with Gasteiger partial charge >= 0.3 is 0 Å². The first-order valence-electron chi connectivity index (χ1n) is 3.13. The number of hydrogen-bond acceptors (Lipinski definition) is 1. The predicted molar refractivity (Wildman–Crippen MR) is 38.5 cm³/mol. The second-order valence-electron chi connectivity index (χ2n) is 2.25. The summed E-state index contributed by atoms with van der Waals surface area (Å²) in [5.41, 5.74) is 1.01. The highest BCUT2D eigenvalue weighted by Gasteiger charge is 2.04. The van der Waals surface area contributed by atoms with Gasteiger partial charge in [0.1, 0.15) is 11.5 Å². The molecule has 0 aliphatic heterocycles. The largest absolute Gasteiger partial charge is 0.466 e. The molecule has 0 radical (unpaired) electrons. The molecule has 2 nitrogen and oxygen atoms in total. The summed E-state index contributed by atoms with van der Waals surface area (Å²) >= 11 is 0. The van der Waals surface area contributed by atoms with Crippen molar-refractivity contribution in [2.24, 2.45) is 0 Å². The minimum absolute atomic E-state index is 0.434. The van der Waals surface area contributed by atoms with Crippen molar-refractivity contribution in [3.05, 3.63) is 34.6 Å². The molecule has 0 bridgehead atoms. The maximum atomic E-state index is 6.63. The minimum atomic E-state index is 0.434. The third-order valence-corrected chi connectivity index (χ3v) is 1.39. The molecule has 0 unspecified atom stereocenters. The molecule has 0 spiro atoms. The van der Waals surface area contributed by atoms with Gasteiger partial charge in [0, 0.05) is 0 Å². The highest BCUT2D eigenvalue weighted by molar-refractivity contribution is 5.21. The monoisotopic (exact) mass is 135 g/mol. The van der Waals surface area contributed by atoms with E-state index in [0.29, 0.717) is 6.54 Å². The van der Waals surface area contributed by atoms with Crippen LogP contribution in [0.4, 0.5) is 0 Å². The fourth-order valence-corrected chi connectivity index (χ4v) is 0.926. The second-order valence-corrected chi connectivity index (χ2v) is 2.25. The molecule has 0 saturated heterocycles. The van der Waals surface area contributed by atoms with Crippen LogP contribution < -0.4 is 0 Å². The zero-order chi connectivity index (χ0) is 7.56. The standard InChI is InChI=1S/C8H9NO/c1-6-4-8(5-9-3)7(2)10-6/h4H,5H2,1-2H3. The van der Waals surface area contributed by atoms with E-state index in [1.807, 2.05) is 19.9 Å². The van der Waals surface area contributed by atoms with Gasteiger partial charge in [-0.3, -0.25) is 0 Å². The molecule has 1 rings (SSSR count). The van der Waals surface area contributed by atoms with Crippen LogP contribution in [0, 0.1) is 20.4 Å². The Morgan fingerprint density at radius 1 is 1.60 bits per heavy atom. The smallest absolute Gasteiger partial charge is 0.243 e. The first-order chi connectivity index (χ1) is 4.74. The summed E-state index contributed by atoms with van der Waals surface area (Å²) in [6, 6.07) is 1.91. The van der Waals surface area contributed by atoms with E-state index in [4.69, 9.17) is 11.0 Å². The molecule has 0 fully saturated rings. The molecule has 1 heterocycles. The fourth-order valence-electron chi connectivity index (χ4n) is 0.926. The van der Waals surface area contributed by atoms with Crippen molar-refractivity contribution in [3.8, 4) is 0 Å². The lowest BCUT2D eigenvalue weighted by molar-refractivity contribution is 0.502. The number of aryl methyl sites for hydroxylation is 2. The van der Waals surface area contributed by atoms with E-state index in [0.717, 1.165) is 17.1 Å². The van der Waals surface area contributed by atoms with E-state index < -0.39 is 0 Å². The predicted octanol–water partition coefficient (Wildman–Crippen LogP) is 2.32. The van der Waals surface area contributed by atoms with Crippen LogP contribution in [0.15, 0.2) is 10.5 Å². The molecular formula is C8H9NO. The summed E-state index contributed by atoms with van der Waals surface area (Å²) in [6.45, 7) is 10.8. The molecule has 0 aliphatic rings. The van der Waals surface area contributed by atoms with Gasteiger partial charge in [0.25, 0.3) is 0 Å². The van der Waals surface area contributed by atoms with E-state index in [-0.39, 0.29) is 0 Å². The fraction of sp³-hybridized carbons (Fsp3) is 0.375. The maximum absolute atomic E-state index is 6.63. The summed E-state index contributed by atoms with van der Waals surface area (Å²) < 4.78 is 5.22. The molecule has 10 heavy (non-hydrogen) atoms. The van der Waals surface area contributed by atoms with Crippen LogP contribution in [-0.2, 0) is 6.54 Å². The molecule has 0 amide bonds. The van der Waals surface area contributed by atoms with Crippen LogP contribution in [0.25, 0.3) is 4.85 Å². The Kier molecular flexibility index (Phi) is 1.77. The van der Waals surface area contributed by atoms with Crippen LogP contribution >= 0.6 is 0 Å². The van der Waals surface area contributed by atoms with Gasteiger partial charge < -0.3 is 9.26 Å². The lowest BCUT2D eigenvalue weighted by Gasteiger charge is -1.83. The van der Waals surface area contributed by atoms with Crippen molar-refractivity contribution in [2.75, 3.05) is 0 Å². The van der Waals surface area contributed by atoms with Gasteiger partial charge in [-0.15, -0.1) is 0 Å². The van der Waals surface area contributed by atoms with Crippen molar-refractivity contribution in [1.82, 2.24) is 0 Å². The van der Waals surface area contributed by atoms with Gasteiger partial charge in [-0.25, -0.2) is 6.57 Å². The van der Waals surface area contributed by atoms with Gasteiger partial charge in [-0.2, -0.15) is 0 Å². The quantitative estimate of drug-likeness (QED) is 0.540. The van der Waals surface area contributed by atoms with Gasteiger partial charge in [0.15, 0.2) is 0 Å². The molecular weight excluding hydrogens is 126 g/mol. The summed E-state index contributed by atoms with van der Waals surface area (Å²) in [4.78, 5) is 3.27. The van der Waals surface area contributed by atoms with Gasteiger partial charge in [-0.05, 0) is 19.9 Å². The Hall–Kier alpha value is -1.23. The first-order valence-corrected chi connectivity index (χ1v) is 3.13. The lowest BCUT2D eigenvalue weighted by Crippen LogP contribution is -1.75. The Labute approximate surface area is 60.3 Å². The average Bonchev–Trinajstić information content (AvgIpc) is 2.13. The third-order valence-electron chi connectivity index (χ3n) is 1.39. The van der Waals surface area contributed by atoms with E-state index in [2.05, 4.69) is 4.85 Å². The van der Waals surface area contributed by atoms with Gasteiger partial charge in [0.2, 0.25) is 6.54 Å². The zero-order valence-corrected chi connectivity index (χ0v) is 6.14. The maximum Gasteiger partial charge on any atom is 0.243 e. The molecule has 0 aliphatic carbocycles.